The second-order valence-electron chi connectivity index (χ2n) is 5.14. The van der Waals surface area contributed by atoms with E-state index in [1.165, 1.54) is 6.20 Å². The van der Waals surface area contributed by atoms with Crippen LogP contribution in [-0.2, 0) is 16.7 Å². The third-order valence-corrected chi connectivity index (χ3v) is 4.37. The molecular weight excluding hydrogens is 310 g/mol. The molecular formula is C18H14NO3S-. The van der Waals surface area contributed by atoms with E-state index < -0.39 is 10.3 Å². The number of hydrogen-bond acceptors (Lipinski definition) is 3. The first-order valence-electron chi connectivity index (χ1n) is 7.10. The third-order valence-electron chi connectivity index (χ3n) is 3.61. The van der Waals surface area contributed by atoms with Crippen LogP contribution in [0.2, 0.25) is 0 Å². The highest BCUT2D eigenvalue weighted by molar-refractivity contribution is 7.63. The zero-order valence-electron chi connectivity index (χ0n) is 12.2. The van der Waals surface area contributed by atoms with Crippen molar-refractivity contribution in [1.82, 2.24) is 4.73 Å². The molecule has 0 radical (unpaired) electrons. The third kappa shape index (κ3) is 3.35. The number of hydrogen-bond donors (Lipinski definition) is 0. The van der Waals surface area contributed by atoms with Crippen molar-refractivity contribution in [3.05, 3.63) is 93.9 Å². The number of pyridine rings is 1. The molecule has 0 aliphatic rings. The molecule has 3 aromatic rings. The fourth-order valence-corrected chi connectivity index (χ4v) is 3.06. The topological polar surface area (TPSA) is 62.1 Å². The van der Waals surface area contributed by atoms with E-state index in [-0.39, 0.29) is 4.64 Å². The van der Waals surface area contributed by atoms with Gasteiger partial charge >= 0.3 is 0 Å². The Kier molecular flexibility index (Phi) is 4.30. The lowest BCUT2D eigenvalue weighted by molar-refractivity contribution is 0.623. The normalized spacial score (nSPS) is 10.4. The average Bonchev–Trinajstić information content (AvgIpc) is 2.56. The summed E-state index contributed by atoms with van der Waals surface area (Å²) < 4.78 is 22.7. The van der Waals surface area contributed by atoms with Crippen LogP contribution in [0.3, 0.4) is 0 Å². The Morgan fingerprint density at radius 2 is 1.48 bits per heavy atom. The Morgan fingerprint density at radius 3 is 2.13 bits per heavy atom. The van der Waals surface area contributed by atoms with Crippen molar-refractivity contribution >= 4 is 10.3 Å². The fourth-order valence-electron chi connectivity index (χ4n) is 2.50. The van der Waals surface area contributed by atoms with Gasteiger partial charge in [0.25, 0.3) is 0 Å². The Morgan fingerprint density at radius 1 is 0.826 bits per heavy atom. The van der Waals surface area contributed by atoms with Crippen molar-refractivity contribution in [2.45, 2.75) is 6.42 Å². The molecule has 0 fully saturated rings. The van der Waals surface area contributed by atoms with Crippen molar-refractivity contribution in [2.75, 3.05) is 0 Å². The highest BCUT2D eigenvalue weighted by Gasteiger charge is 2.02. The molecule has 0 unspecified atom stereocenters. The van der Waals surface area contributed by atoms with Gasteiger partial charge in [0, 0.05) is 6.42 Å². The first-order valence-corrected chi connectivity index (χ1v) is 8.17. The maximum absolute atomic E-state index is 11.6. The standard InChI is InChI=1S/C18H14NO3S/c20-19-12-4-7-17(18(19)23(21)22)13-14-8-10-16(11-9-14)15-5-2-1-3-6-15/h1-12H,13H2/q-1. The summed E-state index contributed by atoms with van der Waals surface area (Å²) in [5, 5.41) is 11.6. The van der Waals surface area contributed by atoms with E-state index in [9.17, 15) is 13.6 Å². The molecule has 1 aromatic heterocycles. The summed E-state index contributed by atoms with van der Waals surface area (Å²) in [7, 11) is -2.56. The van der Waals surface area contributed by atoms with Crippen LogP contribution in [0.25, 0.3) is 11.1 Å². The van der Waals surface area contributed by atoms with Crippen LogP contribution in [0, 0.1) is 9.85 Å². The molecule has 3 rings (SSSR count). The van der Waals surface area contributed by atoms with Gasteiger partial charge in [-0.25, -0.2) is 0 Å². The SMILES string of the molecule is O=S(=O)=c1c(Cc2ccc(-c3ccccc3)cc2)cccn1[O-]. The molecule has 1 heterocycles. The highest BCUT2D eigenvalue weighted by atomic mass is 32.2. The Bertz CT molecular complexity index is 980. The molecule has 0 bridgehead atoms. The molecule has 5 heteroatoms. The molecule has 0 N–H and O–H groups in total. The minimum atomic E-state index is -2.56. The Labute approximate surface area is 135 Å². The number of aromatic nitrogens is 1. The van der Waals surface area contributed by atoms with E-state index in [1.54, 1.807) is 12.1 Å². The Hall–Kier alpha value is -2.79. The summed E-state index contributed by atoms with van der Waals surface area (Å²) in [5.74, 6) is 0. The van der Waals surface area contributed by atoms with E-state index in [1.807, 2.05) is 54.6 Å². The molecule has 0 aliphatic carbocycles. The first-order chi connectivity index (χ1) is 11.1. The van der Waals surface area contributed by atoms with Crippen LogP contribution in [0.5, 0.6) is 0 Å². The molecule has 2 aromatic carbocycles. The lowest BCUT2D eigenvalue weighted by Gasteiger charge is -2.12. The van der Waals surface area contributed by atoms with E-state index >= 15 is 0 Å². The van der Waals surface area contributed by atoms with Crippen LogP contribution in [0.15, 0.2) is 72.9 Å². The average molecular weight is 324 g/mol. The zero-order chi connectivity index (χ0) is 16.2. The van der Waals surface area contributed by atoms with Crippen LogP contribution >= 0.6 is 0 Å². The predicted molar refractivity (Wildman–Crippen MR) is 90.0 cm³/mol. The highest BCUT2D eigenvalue weighted by Crippen LogP contribution is 2.20. The largest absolute Gasteiger partial charge is 0.805 e. The van der Waals surface area contributed by atoms with Gasteiger partial charge in [0.15, 0.2) is 4.64 Å². The van der Waals surface area contributed by atoms with Gasteiger partial charge in [0.05, 0.1) is 0 Å². The first kappa shape index (κ1) is 15.1. The van der Waals surface area contributed by atoms with Crippen molar-refractivity contribution in [3.8, 4) is 11.1 Å². The lowest BCUT2D eigenvalue weighted by atomic mass is 10.0. The van der Waals surface area contributed by atoms with Gasteiger partial charge in [-0.2, -0.15) is 8.42 Å². The number of nitrogens with zero attached hydrogens (tertiary/aromatic N) is 1. The minimum absolute atomic E-state index is 0.223. The van der Waals surface area contributed by atoms with Crippen molar-refractivity contribution in [1.29, 1.82) is 0 Å². The van der Waals surface area contributed by atoms with Gasteiger partial charge in [0.1, 0.15) is 0 Å². The maximum atomic E-state index is 11.6. The van der Waals surface area contributed by atoms with E-state index in [0.29, 0.717) is 16.7 Å². The minimum Gasteiger partial charge on any atom is -0.805 e. The van der Waals surface area contributed by atoms with Crippen LogP contribution < -0.4 is 0 Å². The van der Waals surface area contributed by atoms with E-state index in [4.69, 9.17) is 0 Å². The van der Waals surface area contributed by atoms with Gasteiger partial charge in [0.2, 0.25) is 10.3 Å². The smallest absolute Gasteiger partial charge is 0.238 e. The van der Waals surface area contributed by atoms with Gasteiger partial charge in [-0.1, -0.05) is 60.7 Å². The van der Waals surface area contributed by atoms with Crippen molar-refractivity contribution < 1.29 is 8.42 Å². The lowest BCUT2D eigenvalue weighted by Crippen LogP contribution is -1.99. The summed E-state index contributed by atoms with van der Waals surface area (Å²) in [6.07, 6.45) is 1.58. The summed E-state index contributed by atoms with van der Waals surface area (Å²) in [5.41, 5.74) is 3.65. The molecule has 0 aliphatic heterocycles. The molecule has 0 spiro atoms. The Balaban J connectivity index is 1.94. The van der Waals surface area contributed by atoms with Crippen molar-refractivity contribution in [2.24, 2.45) is 0 Å². The second-order valence-corrected chi connectivity index (χ2v) is 5.99. The van der Waals surface area contributed by atoms with Crippen LogP contribution in [-0.4, -0.2) is 13.1 Å². The number of rotatable bonds is 3. The molecule has 0 saturated carbocycles. The van der Waals surface area contributed by atoms with E-state index in [0.717, 1.165) is 16.7 Å². The quantitative estimate of drug-likeness (QED) is 0.693. The zero-order valence-corrected chi connectivity index (χ0v) is 13.0. The van der Waals surface area contributed by atoms with Gasteiger partial charge in [-0.3, -0.25) is 0 Å². The van der Waals surface area contributed by atoms with Crippen molar-refractivity contribution in [3.63, 3.8) is 0 Å². The molecule has 0 atom stereocenters. The van der Waals surface area contributed by atoms with E-state index in [2.05, 4.69) is 0 Å². The van der Waals surface area contributed by atoms with Gasteiger partial charge in [-0.05, 0) is 34.5 Å². The number of benzene rings is 2. The monoisotopic (exact) mass is 324 g/mol. The molecule has 0 saturated heterocycles. The summed E-state index contributed by atoms with van der Waals surface area (Å²) >= 11 is 0. The second kappa shape index (κ2) is 6.54. The molecule has 0 amide bonds. The summed E-state index contributed by atoms with van der Waals surface area (Å²) in [4.78, 5) is 0. The van der Waals surface area contributed by atoms with Gasteiger partial charge < -0.3 is 9.94 Å². The van der Waals surface area contributed by atoms with Crippen LogP contribution in [0.1, 0.15) is 11.1 Å². The maximum Gasteiger partial charge on any atom is 0.238 e. The fraction of sp³-hybridized carbons (Fsp3) is 0.0556. The molecule has 4 nitrogen and oxygen atoms in total. The summed E-state index contributed by atoms with van der Waals surface area (Å²) in [6, 6.07) is 21.1. The molecule has 23 heavy (non-hydrogen) atoms. The molecule has 116 valence electrons. The predicted octanol–water partition coefficient (Wildman–Crippen LogP) is 3.50. The van der Waals surface area contributed by atoms with Gasteiger partial charge in [-0.15, -0.1) is 0 Å². The summed E-state index contributed by atoms with van der Waals surface area (Å²) in [6.45, 7) is 0. The van der Waals surface area contributed by atoms with Crippen LogP contribution in [0.4, 0.5) is 0 Å².